The van der Waals surface area contributed by atoms with E-state index in [0.29, 0.717) is 30.9 Å². The molecule has 6 heteroatoms. The summed E-state index contributed by atoms with van der Waals surface area (Å²) in [7, 11) is 0. The predicted molar refractivity (Wildman–Crippen MR) is 122 cm³/mol. The normalized spacial score (nSPS) is 20.0. The van der Waals surface area contributed by atoms with Crippen molar-refractivity contribution in [3.8, 4) is 0 Å². The summed E-state index contributed by atoms with van der Waals surface area (Å²) in [6.45, 7) is 6.86. The molecule has 4 nitrogen and oxygen atoms in total. The first-order valence-electron chi connectivity index (χ1n) is 10.9. The monoisotopic (exact) mass is 427 g/mol. The van der Waals surface area contributed by atoms with Crippen LogP contribution in [0.15, 0.2) is 41.8 Å². The van der Waals surface area contributed by atoms with Crippen molar-refractivity contribution < 1.29 is 9.18 Å². The number of piperidine rings is 1. The second-order valence-electron chi connectivity index (χ2n) is 8.39. The Morgan fingerprint density at radius 2 is 1.90 bits per heavy atom. The lowest BCUT2D eigenvalue weighted by molar-refractivity contribution is 0.0918. The first kappa shape index (κ1) is 21.1. The van der Waals surface area contributed by atoms with Crippen molar-refractivity contribution in [2.75, 3.05) is 13.1 Å². The number of halogens is 1. The van der Waals surface area contributed by atoms with Crippen molar-refractivity contribution in [2.45, 2.75) is 58.2 Å². The molecule has 1 aliphatic rings. The number of benzene rings is 1. The Labute approximate surface area is 181 Å². The van der Waals surface area contributed by atoms with Crippen molar-refractivity contribution in [1.82, 2.24) is 14.8 Å². The van der Waals surface area contributed by atoms with E-state index >= 15 is 0 Å². The highest BCUT2D eigenvalue weighted by Crippen LogP contribution is 2.26. The molecule has 160 valence electrons. The average Bonchev–Trinajstić information content (AvgIpc) is 3.31. The quantitative estimate of drug-likeness (QED) is 0.522. The van der Waals surface area contributed by atoms with Crippen LogP contribution in [0.3, 0.4) is 0 Å². The number of hydrogen-bond acceptors (Lipinski definition) is 3. The summed E-state index contributed by atoms with van der Waals surface area (Å²) >= 11 is 1.63. The fraction of sp³-hybridized carbons (Fsp3) is 0.458. The van der Waals surface area contributed by atoms with Gasteiger partial charge in [0.1, 0.15) is 11.5 Å². The molecule has 0 radical (unpaired) electrons. The van der Waals surface area contributed by atoms with Gasteiger partial charge in [-0.1, -0.05) is 18.6 Å². The Kier molecular flexibility index (Phi) is 6.54. The molecule has 1 aromatic carbocycles. The third kappa shape index (κ3) is 4.60. The van der Waals surface area contributed by atoms with E-state index in [9.17, 15) is 9.18 Å². The van der Waals surface area contributed by atoms with Crippen molar-refractivity contribution in [2.24, 2.45) is 0 Å². The van der Waals surface area contributed by atoms with Gasteiger partial charge in [-0.2, -0.15) is 0 Å². The summed E-state index contributed by atoms with van der Waals surface area (Å²) in [4.78, 5) is 15.5. The lowest BCUT2D eigenvalue weighted by Crippen LogP contribution is -2.44. The van der Waals surface area contributed by atoms with Gasteiger partial charge in [0.05, 0.1) is 10.2 Å². The molecule has 0 aliphatic carbocycles. The average molecular weight is 428 g/mol. The zero-order valence-corrected chi connectivity index (χ0v) is 18.6. The summed E-state index contributed by atoms with van der Waals surface area (Å²) in [5.41, 5.74) is 2.69. The van der Waals surface area contributed by atoms with Crippen LogP contribution in [0.1, 0.15) is 55.6 Å². The van der Waals surface area contributed by atoms with Crippen LogP contribution in [-0.4, -0.2) is 40.5 Å². The van der Waals surface area contributed by atoms with Crippen LogP contribution in [0.2, 0.25) is 0 Å². The van der Waals surface area contributed by atoms with Gasteiger partial charge < -0.3 is 9.88 Å². The molecule has 4 rings (SSSR count). The lowest BCUT2D eigenvalue weighted by atomic mass is 9.97. The van der Waals surface area contributed by atoms with E-state index in [1.54, 1.807) is 23.5 Å². The zero-order valence-electron chi connectivity index (χ0n) is 17.7. The molecule has 1 saturated heterocycles. The molecule has 0 saturated carbocycles. The van der Waals surface area contributed by atoms with Gasteiger partial charge in [0.2, 0.25) is 0 Å². The Balaban J connectivity index is 1.40. The minimum atomic E-state index is -0.248. The summed E-state index contributed by atoms with van der Waals surface area (Å²) in [5.74, 6) is -0.289. The zero-order chi connectivity index (χ0) is 21.1. The number of thiophene rings is 1. The van der Waals surface area contributed by atoms with Gasteiger partial charge in [-0.3, -0.25) is 9.69 Å². The Hall–Kier alpha value is -2.18. The van der Waals surface area contributed by atoms with Crippen LogP contribution < -0.4 is 5.32 Å². The largest absolute Gasteiger partial charge is 0.351 e. The molecule has 2 atom stereocenters. The highest BCUT2D eigenvalue weighted by atomic mass is 32.1. The van der Waals surface area contributed by atoms with E-state index in [2.05, 4.69) is 24.1 Å². The molecule has 30 heavy (non-hydrogen) atoms. The molecule has 0 spiro atoms. The molecule has 1 aliphatic heterocycles. The van der Waals surface area contributed by atoms with Crippen LogP contribution >= 0.6 is 11.3 Å². The van der Waals surface area contributed by atoms with Gasteiger partial charge in [0.15, 0.2) is 0 Å². The van der Waals surface area contributed by atoms with Crippen molar-refractivity contribution in [3.05, 3.63) is 58.9 Å². The minimum Gasteiger partial charge on any atom is -0.351 e. The SMILES string of the molecule is CC1CCCC(C)N1CCCNC(=O)c1cc2sccc2n1Cc1ccc(F)cc1. The van der Waals surface area contributed by atoms with Crippen LogP contribution in [0.5, 0.6) is 0 Å². The van der Waals surface area contributed by atoms with Crippen LogP contribution in [0, 0.1) is 5.82 Å². The molecule has 2 aromatic heterocycles. The number of amides is 1. The number of aromatic nitrogens is 1. The highest BCUT2D eigenvalue weighted by molar-refractivity contribution is 7.17. The number of fused-ring (bicyclic) bond motifs is 1. The first-order valence-corrected chi connectivity index (χ1v) is 11.8. The third-order valence-corrected chi connectivity index (χ3v) is 7.12. The second-order valence-corrected chi connectivity index (χ2v) is 9.34. The smallest absolute Gasteiger partial charge is 0.267 e. The maximum atomic E-state index is 13.3. The van der Waals surface area contributed by atoms with Gasteiger partial charge in [-0.25, -0.2) is 4.39 Å². The molecule has 0 bridgehead atoms. The fourth-order valence-electron chi connectivity index (χ4n) is 4.58. The summed E-state index contributed by atoms with van der Waals surface area (Å²) in [6.07, 6.45) is 4.81. The third-order valence-electron chi connectivity index (χ3n) is 6.26. The standard InChI is InChI=1S/C24H30FN3OS/c1-17-5-3-6-18(2)27(17)13-4-12-26-24(29)22-15-23-21(11-14-30-23)28(22)16-19-7-9-20(25)10-8-19/h7-11,14-15,17-18H,3-6,12-13,16H2,1-2H3,(H,26,29). The number of hydrogen-bond donors (Lipinski definition) is 1. The van der Waals surface area contributed by atoms with E-state index < -0.39 is 0 Å². The van der Waals surface area contributed by atoms with E-state index in [1.165, 1.54) is 31.4 Å². The summed E-state index contributed by atoms with van der Waals surface area (Å²) in [6, 6.07) is 11.7. The Morgan fingerprint density at radius 3 is 2.63 bits per heavy atom. The number of likely N-dealkylation sites (tertiary alicyclic amines) is 1. The van der Waals surface area contributed by atoms with Gasteiger partial charge in [-0.15, -0.1) is 11.3 Å². The molecule has 1 amide bonds. The Bertz CT molecular complexity index is 984. The first-order chi connectivity index (χ1) is 14.5. The molecule has 3 aromatic rings. The van der Waals surface area contributed by atoms with Crippen LogP contribution in [0.25, 0.3) is 10.2 Å². The minimum absolute atomic E-state index is 0.0414. The highest BCUT2D eigenvalue weighted by Gasteiger charge is 2.24. The topological polar surface area (TPSA) is 37.3 Å². The van der Waals surface area contributed by atoms with E-state index in [1.807, 2.05) is 22.1 Å². The molecular weight excluding hydrogens is 397 g/mol. The molecule has 2 unspecified atom stereocenters. The second kappa shape index (κ2) is 9.31. The van der Waals surface area contributed by atoms with E-state index in [0.717, 1.165) is 28.7 Å². The summed E-state index contributed by atoms with van der Waals surface area (Å²) in [5, 5.41) is 5.15. The van der Waals surface area contributed by atoms with Gasteiger partial charge in [-0.05, 0) is 68.3 Å². The van der Waals surface area contributed by atoms with Crippen molar-refractivity contribution in [1.29, 1.82) is 0 Å². The maximum absolute atomic E-state index is 13.3. The van der Waals surface area contributed by atoms with Gasteiger partial charge >= 0.3 is 0 Å². The molecule has 1 fully saturated rings. The Morgan fingerprint density at radius 1 is 1.17 bits per heavy atom. The van der Waals surface area contributed by atoms with Gasteiger partial charge in [0.25, 0.3) is 5.91 Å². The number of nitrogens with zero attached hydrogens (tertiary/aromatic N) is 2. The van der Waals surface area contributed by atoms with Crippen molar-refractivity contribution in [3.63, 3.8) is 0 Å². The number of rotatable bonds is 7. The molecular formula is C24H30FN3OS. The maximum Gasteiger partial charge on any atom is 0.267 e. The molecule has 1 N–H and O–H groups in total. The van der Waals surface area contributed by atoms with Gasteiger partial charge in [0, 0.05) is 31.7 Å². The van der Waals surface area contributed by atoms with Crippen LogP contribution in [-0.2, 0) is 6.54 Å². The van der Waals surface area contributed by atoms with Crippen molar-refractivity contribution >= 4 is 27.5 Å². The number of nitrogens with one attached hydrogen (secondary N) is 1. The predicted octanol–water partition coefficient (Wildman–Crippen LogP) is 5.27. The van der Waals surface area contributed by atoms with Crippen LogP contribution in [0.4, 0.5) is 4.39 Å². The number of carbonyl (C=O) groups excluding carboxylic acids is 1. The fourth-order valence-corrected chi connectivity index (χ4v) is 5.40. The number of carbonyl (C=O) groups is 1. The molecule has 3 heterocycles. The van der Waals surface area contributed by atoms with E-state index in [-0.39, 0.29) is 11.7 Å². The van der Waals surface area contributed by atoms with E-state index in [4.69, 9.17) is 0 Å². The summed E-state index contributed by atoms with van der Waals surface area (Å²) < 4.78 is 16.4. The lowest BCUT2D eigenvalue weighted by Gasteiger charge is -2.39.